The first kappa shape index (κ1) is 21.8. The van der Waals surface area contributed by atoms with Crippen LogP contribution in [0.4, 0.5) is 4.39 Å². The summed E-state index contributed by atoms with van der Waals surface area (Å²) in [6, 6.07) is 10.3. The highest BCUT2D eigenvalue weighted by atomic mass is 32.2. The molecule has 2 aromatic heterocycles. The van der Waals surface area contributed by atoms with Gasteiger partial charge in [-0.05, 0) is 49.7 Å². The SMILES string of the molecule is Cc1oc(-n2cccc2)c(C#N)c1C(=O)N1CCCN(S(=O)(=O)c2ccc(F)cc2)CC1. The van der Waals surface area contributed by atoms with E-state index >= 15 is 0 Å². The number of carbonyl (C=O) groups is 1. The number of benzene rings is 1. The number of carbonyl (C=O) groups excluding carboxylic acids is 1. The molecule has 0 bridgehead atoms. The number of furan rings is 1. The Morgan fingerprint density at radius 3 is 2.44 bits per heavy atom. The molecular weight excluding hydrogens is 435 g/mol. The van der Waals surface area contributed by atoms with Crippen LogP contribution in [0.5, 0.6) is 0 Å². The summed E-state index contributed by atoms with van der Waals surface area (Å²) < 4.78 is 47.7. The molecule has 1 saturated heterocycles. The third kappa shape index (κ3) is 3.92. The molecule has 0 saturated carbocycles. The highest BCUT2D eigenvalue weighted by Gasteiger charge is 2.32. The molecule has 0 spiro atoms. The zero-order valence-electron chi connectivity index (χ0n) is 17.4. The Bertz CT molecular complexity index is 1270. The number of nitrogens with zero attached hydrogens (tertiary/aromatic N) is 4. The van der Waals surface area contributed by atoms with Gasteiger partial charge in [0.2, 0.25) is 15.9 Å². The topological polar surface area (TPSA) is 99.5 Å². The van der Waals surface area contributed by atoms with Crippen LogP contribution in [-0.4, -0.2) is 54.3 Å². The Hall–Kier alpha value is -3.42. The predicted octanol–water partition coefficient (Wildman–Crippen LogP) is 2.93. The van der Waals surface area contributed by atoms with Gasteiger partial charge < -0.3 is 9.32 Å². The van der Waals surface area contributed by atoms with Crippen molar-refractivity contribution in [2.45, 2.75) is 18.2 Å². The van der Waals surface area contributed by atoms with Gasteiger partial charge in [-0.15, -0.1) is 0 Å². The number of hydrogen-bond acceptors (Lipinski definition) is 5. The van der Waals surface area contributed by atoms with Crippen LogP contribution in [-0.2, 0) is 10.0 Å². The summed E-state index contributed by atoms with van der Waals surface area (Å²) in [4.78, 5) is 14.8. The number of halogens is 1. The predicted molar refractivity (Wildman–Crippen MR) is 113 cm³/mol. The Labute approximate surface area is 185 Å². The summed E-state index contributed by atoms with van der Waals surface area (Å²) in [6.07, 6.45) is 3.87. The van der Waals surface area contributed by atoms with E-state index in [0.717, 1.165) is 12.1 Å². The number of hydrogen-bond donors (Lipinski definition) is 0. The molecule has 0 atom stereocenters. The minimum absolute atomic E-state index is 0.00693. The Balaban J connectivity index is 1.56. The first-order chi connectivity index (χ1) is 15.3. The third-order valence-electron chi connectivity index (χ3n) is 5.42. The average Bonchev–Trinajstić information content (AvgIpc) is 3.33. The maximum absolute atomic E-state index is 13.3. The molecule has 3 aromatic rings. The van der Waals surface area contributed by atoms with Crippen molar-refractivity contribution in [3.05, 3.63) is 71.5 Å². The summed E-state index contributed by atoms with van der Waals surface area (Å²) in [5.41, 5.74) is 0.328. The fourth-order valence-corrected chi connectivity index (χ4v) is 5.26. The van der Waals surface area contributed by atoms with Crippen LogP contribution >= 0.6 is 0 Å². The standard InChI is InChI=1S/C22H21FN4O4S/c1-16-20(19(15-24)22(31-16)26-9-2-3-10-26)21(28)25-11-4-12-27(14-13-25)32(29,30)18-7-5-17(23)6-8-18/h2-3,5-10H,4,11-14H2,1H3. The second-order valence-corrected chi connectivity index (χ2v) is 9.36. The molecule has 1 fully saturated rings. The van der Waals surface area contributed by atoms with Crippen LogP contribution in [0.25, 0.3) is 5.88 Å². The van der Waals surface area contributed by atoms with Gasteiger partial charge in [0.15, 0.2) is 0 Å². The average molecular weight is 456 g/mol. The van der Waals surface area contributed by atoms with Crippen molar-refractivity contribution in [2.24, 2.45) is 0 Å². The monoisotopic (exact) mass is 456 g/mol. The molecule has 1 aliphatic rings. The van der Waals surface area contributed by atoms with Gasteiger partial charge >= 0.3 is 0 Å². The second-order valence-electron chi connectivity index (χ2n) is 7.42. The number of amides is 1. The van der Waals surface area contributed by atoms with E-state index in [2.05, 4.69) is 6.07 Å². The molecule has 0 radical (unpaired) electrons. The first-order valence-corrected chi connectivity index (χ1v) is 11.5. The molecule has 4 rings (SSSR count). The van der Waals surface area contributed by atoms with Gasteiger partial charge in [-0.2, -0.15) is 9.57 Å². The van der Waals surface area contributed by atoms with E-state index in [1.165, 1.54) is 21.3 Å². The Kier molecular flexibility index (Phi) is 5.86. The summed E-state index contributed by atoms with van der Waals surface area (Å²) in [5, 5.41) is 9.70. The van der Waals surface area contributed by atoms with Gasteiger partial charge in [0.05, 0.1) is 4.90 Å². The zero-order valence-corrected chi connectivity index (χ0v) is 18.2. The van der Waals surface area contributed by atoms with Crippen LogP contribution in [0, 0.1) is 24.1 Å². The summed E-state index contributed by atoms with van der Waals surface area (Å²) >= 11 is 0. The molecule has 0 aliphatic carbocycles. The molecule has 1 amide bonds. The highest BCUT2D eigenvalue weighted by Crippen LogP contribution is 2.27. The van der Waals surface area contributed by atoms with Gasteiger partial charge in [0, 0.05) is 38.6 Å². The van der Waals surface area contributed by atoms with Crippen molar-refractivity contribution in [3.8, 4) is 12.0 Å². The van der Waals surface area contributed by atoms with Gasteiger partial charge in [0.25, 0.3) is 5.91 Å². The lowest BCUT2D eigenvalue weighted by Gasteiger charge is -2.22. The van der Waals surface area contributed by atoms with Crippen molar-refractivity contribution in [1.29, 1.82) is 5.26 Å². The van der Waals surface area contributed by atoms with Crippen LogP contribution in [0.2, 0.25) is 0 Å². The smallest absolute Gasteiger partial charge is 0.258 e. The molecule has 1 aromatic carbocycles. The molecule has 166 valence electrons. The van der Waals surface area contributed by atoms with Crippen LogP contribution in [0.15, 0.2) is 58.1 Å². The van der Waals surface area contributed by atoms with Crippen LogP contribution < -0.4 is 0 Å². The minimum atomic E-state index is -3.81. The van der Waals surface area contributed by atoms with Crippen LogP contribution in [0.3, 0.4) is 0 Å². The lowest BCUT2D eigenvalue weighted by Crippen LogP contribution is -2.37. The van der Waals surface area contributed by atoms with Crippen molar-refractivity contribution >= 4 is 15.9 Å². The molecule has 10 heteroatoms. The highest BCUT2D eigenvalue weighted by molar-refractivity contribution is 7.89. The summed E-state index contributed by atoms with van der Waals surface area (Å²) in [5.74, 6) is -0.286. The molecule has 0 unspecified atom stereocenters. The zero-order chi connectivity index (χ0) is 22.9. The Morgan fingerprint density at radius 1 is 1.09 bits per heavy atom. The van der Waals surface area contributed by atoms with E-state index in [1.54, 1.807) is 36.0 Å². The molecule has 1 aliphatic heterocycles. The largest absolute Gasteiger partial charge is 0.443 e. The van der Waals surface area contributed by atoms with Gasteiger partial charge in [-0.3, -0.25) is 9.36 Å². The van der Waals surface area contributed by atoms with Crippen molar-refractivity contribution in [3.63, 3.8) is 0 Å². The number of aryl methyl sites for hydroxylation is 1. The van der Waals surface area contributed by atoms with E-state index < -0.39 is 15.8 Å². The fourth-order valence-electron chi connectivity index (χ4n) is 3.79. The lowest BCUT2D eigenvalue weighted by molar-refractivity contribution is 0.0762. The summed E-state index contributed by atoms with van der Waals surface area (Å²) in [6.45, 7) is 2.45. The van der Waals surface area contributed by atoms with Gasteiger partial charge in [-0.1, -0.05) is 0 Å². The van der Waals surface area contributed by atoms with Gasteiger partial charge in [-0.25, -0.2) is 12.8 Å². The maximum atomic E-state index is 13.3. The minimum Gasteiger partial charge on any atom is -0.443 e. The molecule has 8 nitrogen and oxygen atoms in total. The van der Waals surface area contributed by atoms with E-state index in [4.69, 9.17) is 4.42 Å². The number of sulfonamides is 1. The second kappa shape index (κ2) is 8.61. The van der Waals surface area contributed by atoms with Crippen molar-refractivity contribution in [1.82, 2.24) is 13.8 Å². The van der Waals surface area contributed by atoms with E-state index in [9.17, 15) is 22.9 Å². The molecular formula is C22H21FN4O4S. The number of rotatable bonds is 4. The Morgan fingerprint density at radius 2 is 1.78 bits per heavy atom. The van der Waals surface area contributed by atoms with E-state index in [-0.39, 0.29) is 47.4 Å². The molecule has 0 N–H and O–H groups in total. The van der Waals surface area contributed by atoms with Crippen molar-refractivity contribution < 1.29 is 22.0 Å². The number of nitriles is 1. The molecule has 32 heavy (non-hydrogen) atoms. The molecule has 3 heterocycles. The van der Waals surface area contributed by atoms with Gasteiger partial charge in [0.1, 0.15) is 28.8 Å². The summed E-state index contributed by atoms with van der Waals surface area (Å²) in [7, 11) is -3.81. The quantitative estimate of drug-likeness (QED) is 0.601. The van der Waals surface area contributed by atoms with E-state index in [0.29, 0.717) is 18.7 Å². The van der Waals surface area contributed by atoms with E-state index in [1.807, 2.05) is 0 Å². The normalized spacial score (nSPS) is 15.3. The number of aromatic nitrogens is 1. The third-order valence-corrected chi connectivity index (χ3v) is 7.34. The lowest BCUT2D eigenvalue weighted by atomic mass is 10.1. The first-order valence-electron chi connectivity index (χ1n) is 10.0. The maximum Gasteiger partial charge on any atom is 0.258 e. The fraction of sp³-hybridized carbons (Fsp3) is 0.273. The van der Waals surface area contributed by atoms with Crippen LogP contribution in [0.1, 0.15) is 28.1 Å². The van der Waals surface area contributed by atoms with Crippen molar-refractivity contribution in [2.75, 3.05) is 26.2 Å².